The van der Waals surface area contributed by atoms with Crippen molar-refractivity contribution in [2.45, 2.75) is 50.5 Å². The minimum Gasteiger partial charge on any atom is -0.388 e. The Morgan fingerprint density at radius 3 is 2.89 bits per heavy atom. The topological polar surface area (TPSA) is 94.1 Å². The summed E-state index contributed by atoms with van der Waals surface area (Å²) in [6.45, 7) is 2.09. The zero-order valence-corrected chi connectivity index (χ0v) is 15.6. The second-order valence-electron chi connectivity index (χ2n) is 8.71. The van der Waals surface area contributed by atoms with Gasteiger partial charge >= 0.3 is 0 Å². The number of piperidine rings is 1. The lowest BCUT2D eigenvalue weighted by Gasteiger charge is -2.39. The number of amides is 1. The number of anilines is 1. The number of nitrogens with zero attached hydrogens (tertiary/aromatic N) is 3. The molecule has 5 rings (SSSR count). The molecule has 0 unspecified atom stereocenters. The van der Waals surface area contributed by atoms with Gasteiger partial charge in [-0.2, -0.15) is 0 Å². The molecule has 1 aliphatic heterocycles. The molecule has 144 valence electrons. The Kier molecular flexibility index (Phi) is 3.89. The largest absolute Gasteiger partial charge is 0.388 e. The number of rotatable bonds is 4. The molecule has 2 aromatic heterocycles. The van der Waals surface area contributed by atoms with Crippen LogP contribution in [0.5, 0.6) is 0 Å². The standard InChI is InChI=1S/C20H27N5O2/c26-18(22-11-20(27)5-1-2-6-20)15-4-10-25(12-19(15)7-8-19)17-14-3-9-21-16(14)23-13-24-17/h3,9,13,15,27H,1-2,4-8,10-12H2,(H,22,26)(H,21,23,24)/t15-/m1/s1. The molecule has 7 nitrogen and oxygen atoms in total. The summed E-state index contributed by atoms with van der Waals surface area (Å²) in [5, 5.41) is 14.6. The normalized spacial score (nSPS) is 25.8. The van der Waals surface area contributed by atoms with E-state index in [9.17, 15) is 9.90 Å². The first-order valence-corrected chi connectivity index (χ1v) is 10.1. The fourth-order valence-electron chi connectivity index (χ4n) is 5.11. The maximum atomic E-state index is 12.9. The number of aliphatic hydroxyl groups is 1. The Bertz CT molecular complexity index is 853. The fourth-order valence-corrected chi connectivity index (χ4v) is 5.11. The van der Waals surface area contributed by atoms with Gasteiger partial charge in [0.2, 0.25) is 5.91 Å². The van der Waals surface area contributed by atoms with Gasteiger partial charge in [0.15, 0.2) is 0 Å². The maximum absolute atomic E-state index is 12.9. The number of fused-ring (bicyclic) bond motifs is 1. The van der Waals surface area contributed by atoms with Crippen molar-refractivity contribution in [1.29, 1.82) is 0 Å². The van der Waals surface area contributed by atoms with Crippen LogP contribution in [0.15, 0.2) is 18.6 Å². The van der Waals surface area contributed by atoms with E-state index in [2.05, 4.69) is 25.2 Å². The molecule has 1 atom stereocenters. The third kappa shape index (κ3) is 2.98. The van der Waals surface area contributed by atoms with Crippen LogP contribution in [0, 0.1) is 11.3 Å². The van der Waals surface area contributed by atoms with Crippen molar-refractivity contribution in [2.24, 2.45) is 11.3 Å². The Hall–Kier alpha value is -2.15. The number of H-pyrrole nitrogens is 1. The number of aromatic amines is 1. The van der Waals surface area contributed by atoms with Gasteiger partial charge in [-0.05, 0) is 43.6 Å². The first-order chi connectivity index (χ1) is 13.1. The molecule has 3 heterocycles. The van der Waals surface area contributed by atoms with Crippen LogP contribution in [0.1, 0.15) is 44.9 Å². The minimum absolute atomic E-state index is 0.0438. The molecule has 2 aromatic rings. The number of hydrogen-bond donors (Lipinski definition) is 3. The summed E-state index contributed by atoms with van der Waals surface area (Å²) in [5.41, 5.74) is 0.233. The minimum atomic E-state index is -0.687. The van der Waals surface area contributed by atoms with E-state index in [1.165, 1.54) is 0 Å². The van der Waals surface area contributed by atoms with Crippen molar-refractivity contribution in [3.05, 3.63) is 18.6 Å². The Morgan fingerprint density at radius 1 is 1.30 bits per heavy atom. The first-order valence-electron chi connectivity index (χ1n) is 10.1. The van der Waals surface area contributed by atoms with E-state index in [-0.39, 0.29) is 17.2 Å². The number of carbonyl (C=O) groups excluding carboxylic acids is 1. The first kappa shape index (κ1) is 17.0. The lowest BCUT2D eigenvalue weighted by atomic mass is 9.81. The molecule has 3 aliphatic rings. The van der Waals surface area contributed by atoms with E-state index < -0.39 is 5.60 Å². The lowest BCUT2D eigenvalue weighted by Crippen LogP contribution is -2.50. The Morgan fingerprint density at radius 2 is 2.11 bits per heavy atom. The van der Waals surface area contributed by atoms with Crippen LogP contribution in [0.25, 0.3) is 11.0 Å². The quantitative estimate of drug-likeness (QED) is 0.766. The van der Waals surface area contributed by atoms with E-state index in [1.807, 2.05) is 12.3 Å². The van der Waals surface area contributed by atoms with Crippen LogP contribution in [-0.4, -0.2) is 51.2 Å². The zero-order valence-electron chi connectivity index (χ0n) is 15.6. The highest BCUT2D eigenvalue weighted by molar-refractivity contribution is 5.87. The predicted molar refractivity (Wildman–Crippen MR) is 102 cm³/mol. The molecule has 2 aliphatic carbocycles. The molecule has 27 heavy (non-hydrogen) atoms. The molecular weight excluding hydrogens is 342 g/mol. The molecule has 3 fully saturated rings. The van der Waals surface area contributed by atoms with Gasteiger partial charge in [-0.1, -0.05) is 12.8 Å². The lowest BCUT2D eigenvalue weighted by molar-refractivity contribution is -0.129. The van der Waals surface area contributed by atoms with Gasteiger partial charge < -0.3 is 20.3 Å². The molecule has 2 saturated carbocycles. The van der Waals surface area contributed by atoms with Gasteiger partial charge in [0.25, 0.3) is 0 Å². The molecular formula is C20H27N5O2. The summed E-state index contributed by atoms with van der Waals surface area (Å²) >= 11 is 0. The van der Waals surface area contributed by atoms with Gasteiger partial charge in [-0.15, -0.1) is 0 Å². The summed E-state index contributed by atoms with van der Waals surface area (Å²) < 4.78 is 0. The second-order valence-corrected chi connectivity index (χ2v) is 8.71. The van der Waals surface area contributed by atoms with Crippen molar-refractivity contribution in [3.63, 3.8) is 0 Å². The average Bonchev–Trinajstić information content (AvgIpc) is 3.09. The van der Waals surface area contributed by atoms with Gasteiger partial charge in [0.1, 0.15) is 17.8 Å². The summed E-state index contributed by atoms with van der Waals surface area (Å²) in [6, 6.07) is 2.02. The summed E-state index contributed by atoms with van der Waals surface area (Å²) in [6.07, 6.45) is 10.2. The molecule has 3 N–H and O–H groups in total. The van der Waals surface area contributed by atoms with Crippen molar-refractivity contribution < 1.29 is 9.90 Å². The summed E-state index contributed by atoms with van der Waals surface area (Å²) in [5.74, 6) is 1.14. The third-order valence-electron chi connectivity index (χ3n) is 6.90. The monoisotopic (exact) mass is 369 g/mol. The van der Waals surface area contributed by atoms with Crippen LogP contribution >= 0.6 is 0 Å². The highest BCUT2D eigenvalue weighted by Gasteiger charge is 2.55. The van der Waals surface area contributed by atoms with E-state index in [0.29, 0.717) is 6.54 Å². The average molecular weight is 369 g/mol. The third-order valence-corrected chi connectivity index (χ3v) is 6.90. The van der Waals surface area contributed by atoms with Crippen molar-refractivity contribution >= 4 is 22.8 Å². The van der Waals surface area contributed by atoms with Crippen molar-refractivity contribution in [3.8, 4) is 0 Å². The zero-order chi connectivity index (χ0) is 18.5. The molecule has 1 amide bonds. The molecule has 1 spiro atoms. The second kappa shape index (κ2) is 6.19. The molecule has 0 aromatic carbocycles. The summed E-state index contributed by atoms with van der Waals surface area (Å²) in [4.78, 5) is 27.2. The molecule has 0 bridgehead atoms. The molecule has 0 radical (unpaired) electrons. The van der Waals surface area contributed by atoms with Crippen LogP contribution in [0.3, 0.4) is 0 Å². The van der Waals surface area contributed by atoms with Gasteiger partial charge in [0, 0.05) is 31.7 Å². The summed E-state index contributed by atoms with van der Waals surface area (Å²) in [7, 11) is 0. The highest BCUT2D eigenvalue weighted by Crippen LogP contribution is 2.56. The predicted octanol–water partition coefficient (Wildman–Crippen LogP) is 1.99. The van der Waals surface area contributed by atoms with Crippen LogP contribution in [0.2, 0.25) is 0 Å². The Balaban J connectivity index is 1.28. The number of hydrogen-bond acceptors (Lipinski definition) is 5. The molecule has 7 heteroatoms. The van der Waals surface area contributed by atoms with Crippen LogP contribution in [0.4, 0.5) is 5.82 Å². The Labute approximate surface area is 158 Å². The smallest absolute Gasteiger partial charge is 0.223 e. The highest BCUT2D eigenvalue weighted by atomic mass is 16.3. The number of carbonyl (C=O) groups is 1. The molecule has 1 saturated heterocycles. The van der Waals surface area contributed by atoms with Gasteiger partial charge in [-0.3, -0.25) is 4.79 Å². The van der Waals surface area contributed by atoms with Crippen molar-refractivity contribution in [2.75, 3.05) is 24.5 Å². The van der Waals surface area contributed by atoms with E-state index in [4.69, 9.17) is 0 Å². The number of aromatic nitrogens is 3. The van der Waals surface area contributed by atoms with Gasteiger partial charge in [-0.25, -0.2) is 9.97 Å². The maximum Gasteiger partial charge on any atom is 0.223 e. The fraction of sp³-hybridized carbons (Fsp3) is 0.650. The van der Waals surface area contributed by atoms with E-state index in [1.54, 1.807) is 6.33 Å². The number of nitrogens with one attached hydrogen (secondary N) is 2. The van der Waals surface area contributed by atoms with Crippen LogP contribution < -0.4 is 10.2 Å². The van der Waals surface area contributed by atoms with Crippen LogP contribution in [-0.2, 0) is 4.79 Å². The van der Waals surface area contributed by atoms with Gasteiger partial charge in [0.05, 0.1) is 11.0 Å². The van der Waals surface area contributed by atoms with E-state index >= 15 is 0 Å². The van der Waals surface area contributed by atoms with Crippen molar-refractivity contribution in [1.82, 2.24) is 20.3 Å². The SMILES string of the molecule is O=C(NCC1(O)CCCC1)[C@H]1CCN(c2ncnc3[nH]ccc23)CC12CC2. The van der Waals surface area contributed by atoms with E-state index in [0.717, 1.165) is 74.9 Å².